The van der Waals surface area contributed by atoms with Crippen LogP contribution in [0.5, 0.6) is 0 Å². The molecule has 12 rings (SSSR count). The number of fused-ring (bicyclic) bond motifs is 2. The summed E-state index contributed by atoms with van der Waals surface area (Å²) in [7, 11) is 0. The summed E-state index contributed by atoms with van der Waals surface area (Å²) in [6, 6.07) is 6.18. The van der Waals surface area contributed by atoms with E-state index in [0.29, 0.717) is 61.3 Å². The van der Waals surface area contributed by atoms with Crippen molar-refractivity contribution in [2.75, 3.05) is 32.7 Å². The zero-order chi connectivity index (χ0) is 33.9. The molecule has 262 valence electrons. The van der Waals surface area contributed by atoms with Gasteiger partial charge >= 0.3 is 11.9 Å². The Morgan fingerprint density at radius 3 is 2.63 bits per heavy atom. The highest BCUT2D eigenvalue weighted by atomic mass is 16.6. The molecule has 1 aromatic rings. The summed E-state index contributed by atoms with van der Waals surface area (Å²) in [4.78, 5) is 34.3. The third kappa shape index (κ3) is 4.05. The van der Waals surface area contributed by atoms with Crippen LogP contribution < -0.4 is 5.73 Å². The van der Waals surface area contributed by atoms with Gasteiger partial charge in [0.15, 0.2) is 11.4 Å². The molecular formula is C41H53N3O5. The number of aryl methyl sites for hydroxylation is 1. The molecule has 0 radical (unpaired) electrons. The van der Waals surface area contributed by atoms with Crippen LogP contribution in [0.2, 0.25) is 0 Å². The number of rotatable bonds is 5. The summed E-state index contributed by atoms with van der Waals surface area (Å²) in [6.45, 7) is 11.4. The predicted molar refractivity (Wildman–Crippen MR) is 186 cm³/mol. The van der Waals surface area contributed by atoms with Crippen molar-refractivity contribution in [3.63, 3.8) is 0 Å². The van der Waals surface area contributed by atoms with E-state index in [-0.39, 0.29) is 35.6 Å². The molecule has 8 aliphatic heterocycles. The molecule has 8 nitrogen and oxygen atoms in total. The third-order valence-electron chi connectivity index (χ3n) is 14.3. The minimum atomic E-state index is -1.09. The Balaban J connectivity index is 1.29. The number of aliphatic hydroxyl groups is 1. The fourth-order valence-electron chi connectivity index (χ4n) is 12.5. The SMILES string of the molecule is CCCC1C23C=C4CCC2(C(=C(O)CC(C)N2CC5CC(CN(C5)C5=CCC(C)CC45)C2)OC3=O)C12OC(=O)c1c(CCCN)cccc12. The number of benzene rings is 1. The van der Waals surface area contributed by atoms with Crippen LogP contribution in [0.3, 0.4) is 0 Å². The zero-order valence-corrected chi connectivity index (χ0v) is 29.5. The molecule has 8 bridgehead atoms. The molecule has 1 saturated carbocycles. The van der Waals surface area contributed by atoms with Crippen LogP contribution in [0, 0.1) is 40.4 Å². The molecular weight excluding hydrogens is 614 g/mol. The number of hydrogen-bond donors (Lipinski definition) is 2. The second-order valence-electron chi connectivity index (χ2n) is 17.0. The number of allylic oxidation sites excluding steroid dienone is 2. The van der Waals surface area contributed by atoms with E-state index >= 15 is 0 Å². The van der Waals surface area contributed by atoms with Gasteiger partial charge in [-0.25, -0.2) is 4.79 Å². The number of hydrogen-bond acceptors (Lipinski definition) is 8. The van der Waals surface area contributed by atoms with Crippen molar-refractivity contribution in [2.45, 2.75) is 96.6 Å². The fraction of sp³-hybridized carbons (Fsp3) is 0.659. The van der Waals surface area contributed by atoms with Crippen LogP contribution in [-0.4, -0.2) is 65.6 Å². The van der Waals surface area contributed by atoms with Crippen LogP contribution in [0.4, 0.5) is 0 Å². The molecule has 2 spiro atoms. The lowest BCUT2D eigenvalue weighted by molar-refractivity contribution is -0.272. The molecule has 1 aromatic carbocycles. The minimum absolute atomic E-state index is 0.0838. The predicted octanol–water partition coefficient (Wildman–Crippen LogP) is 6.37. The first kappa shape index (κ1) is 31.9. The van der Waals surface area contributed by atoms with E-state index in [2.05, 4.69) is 42.7 Å². The van der Waals surface area contributed by atoms with Crippen molar-refractivity contribution in [2.24, 2.45) is 46.2 Å². The Hall–Kier alpha value is -3.10. The normalized spacial score (nSPS) is 41.7. The Morgan fingerprint density at radius 1 is 1.08 bits per heavy atom. The topological polar surface area (TPSA) is 105 Å². The largest absolute Gasteiger partial charge is 0.509 e. The Kier molecular flexibility index (Phi) is 7.28. The fourth-order valence-corrected chi connectivity index (χ4v) is 12.5. The van der Waals surface area contributed by atoms with Gasteiger partial charge in [0.25, 0.3) is 0 Å². The Bertz CT molecular complexity index is 1680. The van der Waals surface area contributed by atoms with Crippen molar-refractivity contribution in [3.8, 4) is 0 Å². The lowest BCUT2D eigenvalue weighted by Crippen LogP contribution is -2.75. The summed E-state index contributed by atoms with van der Waals surface area (Å²) in [6.07, 6.45) is 13.0. The van der Waals surface area contributed by atoms with Gasteiger partial charge in [-0.15, -0.1) is 0 Å². The summed E-state index contributed by atoms with van der Waals surface area (Å²) in [5.41, 5.74) is 8.05. The van der Waals surface area contributed by atoms with E-state index in [1.54, 1.807) is 0 Å². The number of nitrogens with zero attached hydrogens (tertiary/aromatic N) is 2. The standard InChI is InChI=1S/C41H53N3O5/c1-4-7-34-39-19-29-13-14-40(39,41(34)31-10-5-8-28(9-6-15-42)35(31)37(46)49-41)36(48-38(39)47)33(45)17-25(3)43-20-26-18-27(21-43)23-44(22-26)32-12-11-24(2)16-30(29)32/h5,8,10,12,19,24-27,30,34,45H,4,6-7,9,11,13-18,20-23,42H2,1-3H3. The molecule has 3 N–H and O–H groups in total. The maximum Gasteiger partial charge on any atom is 0.339 e. The molecule has 8 heteroatoms. The first-order valence-electron chi connectivity index (χ1n) is 19.3. The van der Waals surface area contributed by atoms with Crippen LogP contribution in [0.15, 0.2) is 53.1 Å². The van der Waals surface area contributed by atoms with Crippen molar-refractivity contribution in [1.29, 1.82) is 0 Å². The Morgan fingerprint density at radius 2 is 1.88 bits per heavy atom. The highest BCUT2D eigenvalue weighted by Gasteiger charge is 2.91. The van der Waals surface area contributed by atoms with E-state index in [4.69, 9.17) is 15.2 Å². The number of ether oxygens (including phenoxy) is 2. The van der Waals surface area contributed by atoms with Crippen molar-refractivity contribution >= 4 is 11.9 Å². The highest BCUT2D eigenvalue weighted by Crippen LogP contribution is 2.85. The third-order valence-corrected chi connectivity index (χ3v) is 14.3. The van der Waals surface area contributed by atoms with Gasteiger partial charge in [0, 0.05) is 61.7 Å². The summed E-state index contributed by atoms with van der Waals surface area (Å²) < 4.78 is 13.3. The molecule has 3 saturated heterocycles. The number of nitrogens with two attached hydrogens (primary N) is 1. The first-order chi connectivity index (χ1) is 23.7. The minimum Gasteiger partial charge on any atom is -0.509 e. The monoisotopic (exact) mass is 667 g/mol. The quantitative estimate of drug-likeness (QED) is 0.276. The molecule has 9 atom stereocenters. The maximum atomic E-state index is 14.8. The van der Waals surface area contributed by atoms with E-state index in [1.807, 2.05) is 18.2 Å². The van der Waals surface area contributed by atoms with Gasteiger partial charge in [0.2, 0.25) is 0 Å². The summed E-state index contributed by atoms with van der Waals surface area (Å²) in [5, 5.41) is 12.3. The molecule has 4 fully saturated rings. The van der Waals surface area contributed by atoms with Gasteiger partial charge in [0.1, 0.15) is 11.2 Å². The number of carbonyl (C=O) groups is 2. The molecule has 0 aromatic heterocycles. The van der Waals surface area contributed by atoms with Crippen LogP contribution in [0.1, 0.15) is 100 Å². The van der Waals surface area contributed by atoms with Crippen molar-refractivity contribution in [3.05, 3.63) is 69.8 Å². The molecule has 8 heterocycles. The van der Waals surface area contributed by atoms with Gasteiger partial charge in [-0.3, -0.25) is 9.69 Å². The lowest BCUT2D eigenvalue weighted by atomic mass is 9.31. The molecule has 49 heavy (non-hydrogen) atoms. The molecule has 0 amide bonds. The molecule has 11 aliphatic rings. The average molecular weight is 668 g/mol. The lowest BCUT2D eigenvalue weighted by Gasteiger charge is -2.69. The molecule has 3 aliphatic carbocycles. The maximum absolute atomic E-state index is 14.8. The average Bonchev–Trinajstić information content (AvgIpc) is 3.54. The Labute approximate surface area is 290 Å². The summed E-state index contributed by atoms with van der Waals surface area (Å²) >= 11 is 0. The second-order valence-corrected chi connectivity index (χ2v) is 17.0. The number of esters is 2. The van der Waals surface area contributed by atoms with Gasteiger partial charge in [-0.1, -0.05) is 56.2 Å². The number of piperidine rings is 2. The second kappa shape index (κ2) is 11.2. The first-order valence-corrected chi connectivity index (χ1v) is 19.3. The van der Waals surface area contributed by atoms with E-state index in [1.165, 1.54) is 17.7 Å². The van der Waals surface area contributed by atoms with Crippen LogP contribution in [0.25, 0.3) is 0 Å². The van der Waals surface area contributed by atoms with Gasteiger partial charge in [-0.2, -0.15) is 0 Å². The van der Waals surface area contributed by atoms with Gasteiger partial charge in [0.05, 0.1) is 11.0 Å². The summed E-state index contributed by atoms with van der Waals surface area (Å²) in [5.74, 6) is 1.63. The van der Waals surface area contributed by atoms with Crippen LogP contribution in [-0.2, 0) is 26.3 Å². The smallest absolute Gasteiger partial charge is 0.339 e. The van der Waals surface area contributed by atoms with E-state index in [0.717, 1.165) is 69.4 Å². The van der Waals surface area contributed by atoms with Crippen molar-refractivity contribution in [1.82, 2.24) is 9.80 Å². The number of carbonyl (C=O) groups excluding carboxylic acids is 2. The van der Waals surface area contributed by atoms with Crippen molar-refractivity contribution < 1.29 is 24.2 Å². The van der Waals surface area contributed by atoms with Crippen LogP contribution >= 0.6 is 0 Å². The van der Waals surface area contributed by atoms with E-state index in [9.17, 15) is 14.7 Å². The number of aliphatic hydroxyl groups excluding tert-OH is 1. The highest BCUT2D eigenvalue weighted by molar-refractivity contribution is 5.99. The van der Waals surface area contributed by atoms with Gasteiger partial charge in [-0.05, 0) is 88.2 Å². The zero-order valence-electron chi connectivity index (χ0n) is 29.5. The van der Waals surface area contributed by atoms with E-state index < -0.39 is 16.4 Å². The van der Waals surface area contributed by atoms with Gasteiger partial charge < -0.3 is 25.2 Å². The molecule has 9 unspecified atom stereocenters.